The molecule has 3 nitrogen and oxygen atoms in total. The van der Waals surface area contributed by atoms with Gasteiger partial charge in [0.2, 0.25) is 0 Å². The summed E-state index contributed by atoms with van der Waals surface area (Å²) in [5, 5.41) is 0. The van der Waals surface area contributed by atoms with E-state index in [0.29, 0.717) is 0 Å². The molecule has 0 bridgehead atoms. The first-order valence-corrected chi connectivity index (χ1v) is 4.63. The first kappa shape index (κ1) is 9.06. The summed E-state index contributed by atoms with van der Waals surface area (Å²) in [6.07, 6.45) is 0. The SMILES string of the molecule is CC(C)(C)c1ccc2oc(N)nc2c1. The number of oxazole rings is 1. The van der Waals surface area contributed by atoms with Crippen LogP contribution in [-0.2, 0) is 5.41 Å². The van der Waals surface area contributed by atoms with Crippen molar-refractivity contribution in [3.8, 4) is 0 Å². The molecule has 0 fully saturated rings. The van der Waals surface area contributed by atoms with Gasteiger partial charge in [-0.15, -0.1) is 0 Å². The zero-order valence-electron chi connectivity index (χ0n) is 8.66. The lowest BCUT2D eigenvalue weighted by atomic mass is 9.87. The predicted octanol–water partition coefficient (Wildman–Crippen LogP) is 2.71. The molecule has 0 aliphatic carbocycles. The minimum absolute atomic E-state index is 0.127. The molecule has 2 rings (SSSR count). The van der Waals surface area contributed by atoms with Gasteiger partial charge in [0.25, 0.3) is 6.01 Å². The Morgan fingerprint density at radius 1 is 1.29 bits per heavy atom. The van der Waals surface area contributed by atoms with Crippen LogP contribution in [0.1, 0.15) is 26.3 Å². The molecule has 3 heteroatoms. The van der Waals surface area contributed by atoms with Gasteiger partial charge < -0.3 is 10.2 Å². The molecule has 0 aliphatic rings. The van der Waals surface area contributed by atoms with Gasteiger partial charge in [0.05, 0.1) is 0 Å². The predicted molar refractivity (Wildman–Crippen MR) is 57.1 cm³/mol. The Morgan fingerprint density at radius 2 is 2.00 bits per heavy atom. The first-order valence-electron chi connectivity index (χ1n) is 4.63. The molecule has 0 atom stereocenters. The van der Waals surface area contributed by atoms with E-state index in [9.17, 15) is 0 Å². The van der Waals surface area contributed by atoms with E-state index in [1.54, 1.807) is 0 Å². The standard InChI is InChI=1S/C11H14N2O/c1-11(2,3)7-4-5-9-8(6-7)13-10(12)14-9/h4-6H,1-3H3,(H2,12,13). The van der Waals surface area contributed by atoms with Crippen LogP contribution in [0.4, 0.5) is 6.01 Å². The maximum atomic E-state index is 5.47. The number of hydrogen-bond acceptors (Lipinski definition) is 3. The van der Waals surface area contributed by atoms with E-state index < -0.39 is 0 Å². The van der Waals surface area contributed by atoms with Gasteiger partial charge in [0, 0.05) is 0 Å². The van der Waals surface area contributed by atoms with Crippen LogP contribution in [0.2, 0.25) is 0 Å². The quantitative estimate of drug-likeness (QED) is 0.694. The molecule has 14 heavy (non-hydrogen) atoms. The third-order valence-corrected chi connectivity index (χ3v) is 2.27. The minimum Gasteiger partial charge on any atom is -0.424 e. The Balaban J connectivity index is 2.62. The van der Waals surface area contributed by atoms with Crippen LogP contribution >= 0.6 is 0 Å². The summed E-state index contributed by atoms with van der Waals surface area (Å²) >= 11 is 0. The van der Waals surface area contributed by atoms with Gasteiger partial charge in [-0.3, -0.25) is 0 Å². The van der Waals surface area contributed by atoms with Crippen LogP contribution in [-0.4, -0.2) is 4.98 Å². The second-order valence-corrected chi connectivity index (χ2v) is 4.48. The summed E-state index contributed by atoms with van der Waals surface area (Å²) in [4.78, 5) is 4.10. The van der Waals surface area contributed by atoms with Crippen LogP contribution in [0.3, 0.4) is 0 Å². The van der Waals surface area contributed by atoms with Crippen molar-refractivity contribution in [1.82, 2.24) is 4.98 Å². The molecule has 1 heterocycles. The number of hydrogen-bond donors (Lipinski definition) is 1. The van der Waals surface area contributed by atoms with Crippen molar-refractivity contribution in [2.45, 2.75) is 26.2 Å². The van der Waals surface area contributed by atoms with Crippen molar-refractivity contribution in [3.05, 3.63) is 23.8 Å². The number of nitrogens with two attached hydrogens (primary N) is 1. The van der Waals surface area contributed by atoms with Gasteiger partial charge in [0.15, 0.2) is 5.58 Å². The smallest absolute Gasteiger partial charge is 0.292 e. The summed E-state index contributed by atoms with van der Waals surface area (Å²) in [6.45, 7) is 6.49. The molecule has 0 saturated carbocycles. The Morgan fingerprint density at radius 3 is 2.64 bits per heavy atom. The third-order valence-electron chi connectivity index (χ3n) is 2.27. The van der Waals surface area contributed by atoms with Crippen LogP contribution < -0.4 is 5.73 Å². The molecule has 1 aromatic carbocycles. The van der Waals surface area contributed by atoms with Crippen molar-refractivity contribution in [3.63, 3.8) is 0 Å². The van der Waals surface area contributed by atoms with E-state index in [-0.39, 0.29) is 11.4 Å². The van der Waals surface area contributed by atoms with Crippen molar-refractivity contribution in [2.24, 2.45) is 0 Å². The second kappa shape index (κ2) is 2.74. The van der Waals surface area contributed by atoms with Crippen LogP contribution in [0.5, 0.6) is 0 Å². The lowest BCUT2D eigenvalue weighted by molar-refractivity contribution is 0.590. The summed E-state index contributed by atoms with van der Waals surface area (Å²) in [6, 6.07) is 6.22. The van der Waals surface area contributed by atoms with Crippen LogP contribution in [0.15, 0.2) is 22.6 Å². The summed E-state index contributed by atoms with van der Waals surface area (Å²) in [5.74, 6) is 0. The molecular formula is C11H14N2O. The van der Waals surface area contributed by atoms with Gasteiger partial charge >= 0.3 is 0 Å². The maximum Gasteiger partial charge on any atom is 0.292 e. The molecule has 0 radical (unpaired) electrons. The fraction of sp³-hybridized carbons (Fsp3) is 0.364. The molecule has 0 saturated heterocycles. The zero-order chi connectivity index (χ0) is 10.3. The molecule has 0 spiro atoms. The number of rotatable bonds is 0. The fourth-order valence-corrected chi connectivity index (χ4v) is 1.41. The average molecular weight is 190 g/mol. The van der Waals surface area contributed by atoms with E-state index >= 15 is 0 Å². The molecule has 2 N–H and O–H groups in total. The summed E-state index contributed by atoms with van der Waals surface area (Å²) in [7, 11) is 0. The van der Waals surface area contributed by atoms with E-state index in [1.807, 2.05) is 18.2 Å². The van der Waals surface area contributed by atoms with Gasteiger partial charge in [-0.05, 0) is 23.1 Å². The Labute approximate surface area is 82.9 Å². The van der Waals surface area contributed by atoms with E-state index in [0.717, 1.165) is 11.1 Å². The number of fused-ring (bicyclic) bond motifs is 1. The summed E-state index contributed by atoms with van der Waals surface area (Å²) < 4.78 is 5.20. The zero-order valence-corrected chi connectivity index (χ0v) is 8.66. The highest BCUT2D eigenvalue weighted by Crippen LogP contribution is 2.26. The van der Waals surface area contributed by atoms with Crippen LogP contribution in [0, 0.1) is 0 Å². The van der Waals surface area contributed by atoms with Crippen molar-refractivity contribution < 1.29 is 4.42 Å². The highest BCUT2D eigenvalue weighted by atomic mass is 16.4. The Hall–Kier alpha value is -1.51. The van der Waals surface area contributed by atoms with Crippen molar-refractivity contribution in [2.75, 3.05) is 5.73 Å². The molecule has 74 valence electrons. The monoisotopic (exact) mass is 190 g/mol. The molecule has 1 aromatic heterocycles. The number of aromatic nitrogens is 1. The van der Waals surface area contributed by atoms with Crippen molar-refractivity contribution in [1.29, 1.82) is 0 Å². The van der Waals surface area contributed by atoms with Gasteiger partial charge in [-0.1, -0.05) is 26.8 Å². The highest BCUT2D eigenvalue weighted by Gasteiger charge is 2.15. The van der Waals surface area contributed by atoms with Gasteiger partial charge in [-0.2, -0.15) is 4.98 Å². The number of benzene rings is 1. The average Bonchev–Trinajstić information content (AvgIpc) is 2.41. The normalized spacial score (nSPS) is 12.2. The van der Waals surface area contributed by atoms with Crippen molar-refractivity contribution >= 4 is 17.1 Å². The maximum absolute atomic E-state index is 5.47. The van der Waals surface area contributed by atoms with Gasteiger partial charge in [-0.25, -0.2) is 0 Å². The molecular weight excluding hydrogens is 176 g/mol. The van der Waals surface area contributed by atoms with Crippen LogP contribution in [0.25, 0.3) is 11.1 Å². The Bertz CT molecular complexity index is 466. The van der Waals surface area contributed by atoms with E-state index in [4.69, 9.17) is 10.2 Å². The minimum atomic E-state index is 0.127. The lowest BCUT2D eigenvalue weighted by Gasteiger charge is -2.18. The highest BCUT2D eigenvalue weighted by molar-refractivity contribution is 5.75. The van der Waals surface area contributed by atoms with E-state index in [2.05, 4.69) is 25.8 Å². The number of nitrogen functional groups attached to an aromatic ring is 1. The summed E-state index contributed by atoms with van der Waals surface area (Å²) in [5.41, 5.74) is 8.41. The topological polar surface area (TPSA) is 52.0 Å². The Kier molecular flexibility index (Phi) is 1.77. The molecule has 0 aliphatic heterocycles. The second-order valence-electron chi connectivity index (χ2n) is 4.48. The fourth-order valence-electron chi connectivity index (χ4n) is 1.41. The molecule has 2 aromatic rings. The number of nitrogens with zero attached hydrogens (tertiary/aromatic N) is 1. The van der Waals surface area contributed by atoms with E-state index in [1.165, 1.54) is 5.56 Å². The molecule has 0 amide bonds. The lowest BCUT2D eigenvalue weighted by Crippen LogP contribution is -2.10. The largest absolute Gasteiger partial charge is 0.424 e. The number of anilines is 1. The third kappa shape index (κ3) is 1.45. The molecule has 0 unspecified atom stereocenters. The first-order chi connectivity index (χ1) is 6.47. The van der Waals surface area contributed by atoms with Gasteiger partial charge in [0.1, 0.15) is 5.52 Å².